The molecule has 0 fully saturated rings. The van der Waals surface area contributed by atoms with Crippen LogP contribution < -0.4 is 0 Å². The van der Waals surface area contributed by atoms with Crippen LogP contribution in [0.5, 0.6) is 0 Å². The highest BCUT2D eigenvalue weighted by molar-refractivity contribution is 7.46. The molecule has 0 radical (unpaired) electrons. The van der Waals surface area contributed by atoms with Crippen LogP contribution in [-0.2, 0) is 9.09 Å². The SMILES string of the molecule is C#CCC(C#C)OP(=O)(O)O. The molecule has 0 heterocycles. The van der Waals surface area contributed by atoms with Crippen LogP contribution in [0.25, 0.3) is 0 Å². The zero-order valence-electron chi connectivity index (χ0n) is 5.60. The van der Waals surface area contributed by atoms with Crippen LogP contribution in [0.15, 0.2) is 0 Å². The largest absolute Gasteiger partial charge is 0.470 e. The second kappa shape index (κ2) is 4.18. The lowest BCUT2D eigenvalue weighted by Gasteiger charge is -2.08. The summed E-state index contributed by atoms with van der Waals surface area (Å²) in [6, 6.07) is 0. The van der Waals surface area contributed by atoms with Crippen molar-refractivity contribution in [2.75, 3.05) is 0 Å². The van der Waals surface area contributed by atoms with Crippen LogP contribution in [0.2, 0.25) is 0 Å². The third kappa shape index (κ3) is 5.66. The molecular formula is C6H7O4P. The van der Waals surface area contributed by atoms with Crippen LogP contribution in [0.1, 0.15) is 6.42 Å². The Morgan fingerprint density at radius 2 is 2.09 bits per heavy atom. The second-order valence-electron chi connectivity index (χ2n) is 1.66. The normalized spacial score (nSPS) is 13.1. The molecule has 1 atom stereocenters. The monoisotopic (exact) mass is 174 g/mol. The van der Waals surface area contributed by atoms with E-state index >= 15 is 0 Å². The molecule has 1 unspecified atom stereocenters. The van der Waals surface area contributed by atoms with Gasteiger partial charge in [0.25, 0.3) is 0 Å². The van der Waals surface area contributed by atoms with Crippen LogP contribution in [0.3, 0.4) is 0 Å². The number of terminal acetylenes is 2. The first-order valence-electron chi connectivity index (χ1n) is 2.63. The number of phosphoric acid groups is 1. The molecule has 0 aromatic carbocycles. The van der Waals surface area contributed by atoms with Gasteiger partial charge in [0.2, 0.25) is 0 Å². The van der Waals surface area contributed by atoms with Crippen molar-refractivity contribution in [2.45, 2.75) is 12.5 Å². The molecule has 0 saturated heterocycles. The lowest BCUT2D eigenvalue weighted by Crippen LogP contribution is -2.06. The highest BCUT2D eigenvalue weighted by atomic mass is 31.2. The topological polar surface area (TPSA) is 66.8 Å². The fraction of sp³-hybridized carbons (Fsp3) is 0.333. The van der Waals surface area contributed by atoms with Crippen molar-refractivity contribution < 1.29 is 18.9 Å². The Morgan fingerprint density at radius 1 is 1.55 bits per heavy atom. The summed E-state index contributed by atoms with van der Waals surface area (Å²) in [6.45, 7) is 0. The van der Waals surface area contributed by atoms with Crippen molar-refractivity contribution in [3.05, 3.63) is 0 Å². The zero-order valence-corrected chi connectivity index (χ0v) is 6.49. The Hall–Kier alpha value is -0.770. The molecule has 0 aliphatic heterocycles. The maximum atomic E-state index is 10.2. The Balaban J connectivity index is 4.04. The molecule has 0 rings (SSSR count). The Bertz CT molecular complexity index is 240. The van der Waals surface area contributed by atoms with Crippen molar-refractivity contribution in [2.24, 2.45) is 0 Å². The van der Waals surface area contributed by atoms with E-state index in [0.717, 1.165) is 0 Å². The molecule has 0 aromatic heterocycles. The molecule has 11 heavy (non-hydrogen) atoms. The Kier molecular flexibility index (Phi) is 3.89. The number of rotatable bonds is 3. The molecule has 0 aromatic rings. The van der Waals surface area contributed by atoms with Gasteiger partial charge in [-0.3, -0.25) is 4.52 Å². The van der Waals surface area contributed by atoms with Gasteiger partial charge in [0.1, 0.15) is 6.10 Å². The second-order valence-corrected chi connectivity index (χ2v) is 2.85. The van der Waals surface area contributed by atoms with Gasteiger partial charge in [0.05, 0.1) is 0 Å². The minimum absolute atomic E-state index is 0.0123. The quantitative estimate of drug-likeness (QED) is 0.471. The van der Waals surface area contributed by atoms with E-state index in [1.165, 1.54) is 0 Å². The first-order chi connectivity index (χ1) is 4.99. The summed E-state index contributed by atoms with van der Waals surface area (Å²) in [4.78, 5) is 16.5. The summed E-state index contributed by atoms with van der Waals surface area (Å²) in [5, 5.41) is 0. The predicted molar refractivity (Wildman–Crippen MR) is 39.2 cm³/mol. The average molecular weight is 174 g/mol. The molecule has 60 valence electrons. The van der Waals surface area contributed by atoms with Gasteiger partial charge in [-0.25, -0.2) is 4.57 Å². The molecule has 0 amide bonds. The lowest BCUT2D eigenvalue weighted by molar-refractivity contribution is 0.169. The van der Waals surface area contributed by atoms with Crippen LogP contribution in [0, 0.1) is 24.7 Å². The Labute approximate surface area is 64.8 Å². The molecule has 0 aliphatic carbocycles. The maximum absolute atomic E-state index is 10.2. The van der Waals surface area contributed by atoms with Crippen molar-refractivity contribution in [1.82, 2.24) is 0 Å². The van der Waals surface area contributed by atoms with Crippen molar-refractivity contribution in [3.8, 4) is 24.7 Å². The minimum Gasteiger partial charge on any atom is -0.303 e. The van der Waals surface area contributed by atoms with E-state index in [0.29, 0.717) is 0 Å². The molecule has 0 saturated carbocycles. The molecule has 5 heteroatoms. The summed E-state index contributed by atoms with van der Waals surface area (Å²) >= 11 is 0. The van der Waals surface area contributed by atoms with Gasteiger partial charge in [0.15, 0.2) is 0 Å². The third-order valence-corrected chi connectivity index (χ3v) is 1.28. The first kappa shape index (κ1) is 10.2. The molecule has 0 spiro atoms. The zero-order chi connectivity index (χ0) is 8.91. The van der Waals surface area contributed by atoms with E-state index in [9.17, 15) is 4.57 Å². The highest BCUT2D eigenvalue weighted by Gasteiger charge is 2.19. The predicted octanol–water partition coefficient (Wildman–Crippen LogP) is 0.121. The summed E-state index contributed by atoms with van der Waals surface area (Å²) < 4.78 is 14.3. The van der Waals surface area contributed by atoms with E-state index in [4.69, 9.17) is 22.6 Å². The van der Waals surface area contributed by atoms with Crippen LogP contribution in [0.4, 0.5) is 0 Å². The fourth-order valence-corrected chi connectivity index (χ4v) is 0.866. The molecule has 0 aliphatic rings. The lowest BCUT2D eigenvalue weighted by atomic mass is 10.3. The van der Waals surface area contributed by atoms with Crippen molar-refractivity contribution in [1.29, 1.82) is 0 Å². The van der Waals surface area contributed by atoms with Gasteiger partial charge in [-0.05, 0) is 0 Å². The van der Waals surface area contributed by atoms with Gasteiger partial charge in [-0.1, -0.05) is 5.92 Å². The standard InChI is InChI=1S/C6H7O4P/c1-3-5-6(4-2)10-11(7,8)9/h1-2,6H,5H2,(H2,7,8,9). The van der Waals surface area contributed by atoms with Gasteiger partial charge >= 0.3 is 7.82 Å². The van der Waals surface area contributed by atoms with Crippen LogP contribution >= 0.6 is 7.82 Å². The summed E-state index contributed by atoms with van der Waals surface area (Å²) in [5.41, 5.74) is 0. The number of hydrogen-bond donors (Lipinski definition) is 2. The minimum atomic E-state index is -4.51. The van der Waals surface area contributed by atoms with E-state index in [1.807, 2.05) is 5.92 Å². The van der Waals surface area contributed by atoms with Crippen molar-refractivity contribution in [3.63, 3.8) is 0 Å². The van der Waals surface area contributed by atoms with E-state index in [1.54, 1.807) is 0 Å². The fourth-order valence-electron chi connectivity index (χ4n) is 0.399. The van der Waals surface area contributed by atoms with E-state index in [2.05, 4.69) is 10.4 Å². The first-order valence-corrected chi connectivity index (χ1v) is 4.16. The van der Waals surface area contributed by atoms with E-state index < -0.39 is 13.9 Å². The smallest absolute Gasteiger partial charge is 0.303 e. The molecule has 2 N–H and O–H groups in total. The van der Waals surface area contributed by atoms with E-state index in [-0.39, 0.29) is 6.42 Å². The third-order valence-electron chi connectivity index (χ3n) is 0.754. The maximum Gasteiger partial charge on any atom is 0.470 e. The van der Waals surface area contributed by atoms with Gasteiger partial charge in [0, 0.05) is 6.42 Å². The highest BCUT2D eigenvalue weighted by Crippen LogP contribution is 2.37. The summed E-state index contributed by atoms with van der Waals surface area (Å²) in [5.74, 6) is 4.13. The van der Waals surface area contributed by atoms with Gasteiger partial charge < -0.3 is 9.79 Å². The summed E-state index contributed by atoms with van der Waals surface area (Å²) in [7, 11) is -4.51. The summed E-state index contributed by atoms with van der Waals surface area (Å²) in [6.07, 6.45) is 8.67. The molecule has 4 nitrogen and oxygen atoms in total. The number of phosphoric ester groups is 1. The van der Waals surface area contributed by atoms with Crippen molar-refractivity contribution >= 4 is 7.82 Å². The Morgan fingerprint density at radius 3 is 2.36 bits per heavy atom. The molecule has 0 bridgehead atoms. The number of hydrogen-bond acceptors (Lipinski definition) is 2. The van der Waals surface area contributed by atoms with Gasteiger partial charge in [-0.15, -0.1) is 18.8 Å². The van der Waals surface area contributed by atoms with Gasteiger partial charge in [-0.2, -0.15) is 0 Å². The van der Waals surface area contributed by atoms with Crippen LogP contribution in [-0.4, -0.2) is 15.9 Å². The molecular weight excluding hydrogens is 167 g/mol. The average Bonchev–Trinajstić information content (AvgIpc) is 1.84.